The predicted octanol–water partition coefficient (Wildman–Crippen LogP) is 5.80. The molecule has 42 heavy (non-hydrogen) atoms. The maximum absolute atomic E-state index is 13.3. The van der Waals surface area contributed by atoms with Crippen molar-refractivity contribution in [1.29, 1.82) is 0 Å². The second-order valence-electron chi connectivity index (χ2n) is 12.0. The van der Waals surface area contributed by atoms with E-state index in [4.69, 9.17) is 16.3 Å². The van der Waals surface area contributed by atoms with Gasteiger partial charge in [0, 0.05) is 29.1 Å². The Bertz CT molecular complexity index is 1460. The van der Waals surface area contributed by atoms with Crippen LogP contribution in [0.5, 0.6) is 5.75 Å². The Morgan fingerprint density at radius 1 is 1.26 bits per heavy atom. The molecule has 5 rings (SSSR count). The molecule has 5 atom stereocenters. The number of amides is 1. The summed E-state index contributed by atoms with van der Waals surface area (Å²) in [6, 6.07) is 11.2. The first-order valence-corrected chi connectivity index (χ1v) is 16.8. The third-order valence-corrected chi connectivity index (χ3v) is 11.7. The van der Waals surface area contributed by atoms with Crippen LogP contribution in [-0.2, 0) is 21.9 Å². The van der Waals surface area contributed by atoms with Crippen molar-refractivity contribution in [3.8, 4) is 5.75 Å². The highest BCUT2D eigenvalue weighted by atomic mass is 35.5. The fourth-order valence-electron chi connectivity index (χ4n) is 6.89. The van der Waals surface area contributed by atoms with Crippen LogP contribution >= 0.6 is 11.6 Å². The number of nitrogens with zero attached hydrogens (tertiary/aromatic N) is 1. The second kappa shape index (κ2) is 12.4. The zero-order valence-corrected chi connectivity index (χ0v) is 25.8. The van der Waals surface area contributed by atoms with Crippen molar-refractivity contribution in [3.63, 3.8) is 0 Å². The monoisotopic (exact) mass is 612 g/mol. The summed E-state index contributed by atoms with van der Waals surface area (Å²) >= 11 is 6.33. The van der Waals surface area contributed by atoms with Gasteiger partial charge in [-0.1, -0.05) is 36.7 Å². The maximum atomic E-state index is 13.3. The molecule has 0 aromatic heterocycles. The first kappa shape index (κ1) is 30.6. The highest BCUT2D eigenvalue weighted by molar-refractivity contribution is 7.90. The summed E-state index contributed by atoms with van der Waals surface area (Å²) in [7, 11) is -3.86. The molecule has 1 fully saturated rings. The number of aryl methyl sites for hydroxylation is 1. The summed E-state index contributed by atoms with van der Waals surface area (Å²) in [6.45, 7) is 11.1. The Morgan fingerprint density at radius 2 is 2.07 bits per heavy atom. The van der Waals surface area contributed by atoms with Crippen LogP contribution in [0, 0.1) is 11.8 Å². The largest absolute Gasteiger partial charge is 0.490 e. The number of anilines is 1. The molecule has 0 bridgehead atoms. The molecule has 2 unspecified atom stereocenters. The Labute approximate surface area is 254 Å². The van der Waals surface area contributed by atoms with E-state index in [0.717, 1.165) is 36.4 Å². The average molecular weight is 613 g/mol. The molecule has 0 saturated heterocycles. The molecule has 1 amide bonds. The Hall–Kier alpha value is -2.81. The fraction of sp³-hybridized carbons (Fsp3) is 0.485. The third kappa shape index (κ3) is 5.99. The van der Waals surface area contributed by atoms with Crippen LogP contribution < -0.4 is 14.4 Å². The summed E-state index contributed by atoms with van der Waals surface area (Å²) in [5.74, 6) is 0.378. The lowest BCUT2D eigenvalue weighted by molar-refractivity contribution is 0.0461. The van der Waals surface area contributed by atoms with E-state index in [-0.39, 0.29) is 22.8 Å². The van der Waals surface area contributed by atoms with Gasteiger partial charge in [-0.25, -0.2) is 13.1 Å². The fourth-order valence-corrected chi connectivity index (χ4v) is 8.52. The summed E-state index contributed by atoms with van der Waals surface area (Å²) in [4.78, 5) is 15.6. The topological polar surface area (TPSA) is 95.9 Å². The van der Waals surface area contributed by atoms with Gasteiger partial charge in [0.1, 0.15) is 5.75 Å². The van der Waals surface area contributed by atoms with Crippen LogP contribution in [0.1, 0.15) is 66.9 Å². The summed E-state index contributed by atoms with van der Waals surface area (Å²) in [5.41, 5.74) is 3.22. The van der Waals surface area contributed by atoms with Gasteiger partial charge < -0.3 is 14.7 Å². The molecule has 2 N–H and O–H groups in total. The van der Waals surface area contributed by atoms with Gasteiger partial charge in [0.15, 0.2) is 0 Å². The minimum atomic E-state index is -3.86. The molecule has 226 valence electrons. The number of halogens is 1. The molecule has 2 aliphatic carbocycles. The summed E-state index contributed by atoms with van der Waals surface area (Å²) in [5, 5.41) is 10.6. The van der Waals surface area contributed by atoms with Crippen LogP contribution in [-0.4, -0.2) is 50.5 Å². The Balaban J connectivity index is 1.47. The van der Waals surface area contributed by atoms with Crippen LogP contribution in [0.2, 0.25) is 5.02 Å². The average Bonchev–Trinajstić information content (AvgIpc) is 3.21. The van der Waals surface area contributed by atoms with E-state index in [1.54, 1.807) is 37.3 Å². The Morgan fingerprint density at radius 3 is 2.76 bits per heavy atom. The normalized spacial score (nSPS) is 24.4. The van der Waals surface area contributed by atoms with E-state index in [0.29, 0.717) is 44.7 Å². The molecule has 0 radical (unpaired) electrons. The molecule has 1 spiro atoms. The third-order valence-electron chi connectivity index (χ3n) is 9.50. The Kier molecular flexibility index (Phi) is 9.07. The molecule has 9 heteroatoms. The highest BCUT2D eigenvalue weighted by Gasteiger charge is 2.45. The van der Waals surface area contributed by atoms with Gasteiger partial charge in [0.05, 0.1) is 23.6 Å². The number of fused-ring (bicyclic) bond motifs is 3. The number of carbonyl (C=O) groups is 1. The number of hydrogen-bond donors (Lipinski definition) is 2. The number of aliphatic hydroxyl groups is 1. The van der Waals surface area contributed by atoms with E-state index in [2.05, 4.69) is 28.8 Å². The highest BCUT2D eigenvalue weighted by Crippen LogP contribution is 2.47. The van der Waals surface area contributed by atoms with Crippen molar-refractivity contribution >= 4 is 33.2 Å². The van der Waals surface area contributed by atoms with E-state index < -0.39 is 27.3 Å². The van der Waals surface area contributed by atoms with Crippen molar-refractivity contribution in [3.05, 3.63) is 83.4 Å². The van der Waals surface area contributed by atoms with Crippen molar-refractivity contribution in [2.45, 2.75) is 68.6 Å². The number of hydrogen-bond acceptors (Lipinski definition) is 6. The van der Waals surface area contributed by atoms with Gasteiger partial charge in [-0.3, -0.25) is 4.79 Å². The first-order chi connectivity index (χ1) is 20.1. The number of allylic oxidation sites excluding steroid dienone is 1. The molecule has 2 aromatic carbocycles. The van der Waals surface area contributed by atoms with Crippen molar-refractivity contribution in [1.82, 2.24) is 4.72 Å². The smallest absolute Gasteiger partial charge is 0.264 e. The molecule has 1 aliphatic heterocycles. The van der Waals surface area contributed by atoms with Gasteiger partial charge in [0.25, 0.3) is 5.91 Å². The number of ether oxygens (including phenoxy) is 1. The van der Waals surface area contributed by atoms with E-state index >= 15 is 0 Å². The van der Waals surface area contributed by atoms with Crippen molar-refractivity contribution < 1.29 is 23.1 Å². The minimum absolute atomic E-state index is 0.124. The zero-order chi connectivity index (χ0) is 30.1. The van der Waals surface area contributed by atoms with Gasteiger partial charge in [-0.2, -0.15) is 0 Å². The van der Waals surface area contributed by atoms with Crippen LogP contribution in [0.25, 0.3) is 0 Å². The number of benzene rings is 2. The zero-order valence-electron chi connectivity index (χ0n) is 24.2. The van der Waals surface area contributed by atoms with Crippen molar-refractivity contribution in [2.75, 3.05) is 24.6 Å². The lowest BCUT2D eigenvalue weighted by atomic mass is 9.70. The van der Waals surface area contributed by atoms with E-state index in [1.165, 1.54) is 11.1 Å². The molecular weight excluding hydrogens is 572 g/mol. The van der Waals surface area contributed by atoms with Gasteiger partial charge in [-0.15, -0.1) is 13.2 Å². The van der Waals surface area contributed by atoms with E-state index in [9.17, 15) is 18.3 Å². The second-order valence-corrected chi connectivity index (χ2v) is 14.4. The molecule has 1 heterocycles. The summed E-state index contributed by atoms with van der Waals surface area (Å²) < 4.78 is 34.9. The molecule has 1 saturated carbocycles. The molecule has 3 aliphatic rings. The van der Waals surface area contributed by atoms with Crippen LogP contribution in [0.15, 0.2) is 61.7 Å². The maximum Gasteiger partial charge on any atom is 0.264 e. The lowest BCUT2D eigenvalue weighted by Gasteiger charge is -2.43. The van der Waals surface area contributed by atoms with Crippen LogP contribution in [0.4, 0.5) is 5.69 Å². The predicted molar refractivity (Wildman–Crippen MR) is 168 cm³/mol. The standard InChI is InChI=1S/C33H41ClN2O5S/c1-4-7-8-26(5-2)42(39,40)35-32(38)23-10-14-31-29(18-23)36(19-24-9-12-27(24)30(37)6-3)20-33(21-41-31)16-15-22-17-25(34)11-13-28(22)33/h4,6,10-11,13-14,17-18,24,26-27,30,37H,1,3,5,7-9,12,15-16,19-21H2,2H3,(H,35,38)/t24-,26?,27+,30?,33-/m0/s1. The molecule has 7 nitrogen and oxygen atoms in total. The summed E-state index contributed by atoms with van der Waals surface area (Å²) in [6.07, 6.45) is 7.82. The van der Waals surface area contributed by atoms with Crippen LogP contribution in [0.3, 0.4) is 0 Å². The van der Waals surface area contributed by atoms with Gasteiger partial charge in [0.2, 0.25) is 10.0 Å². The minimum Gasteiger partial charge on any atom is -0.490 e. The van der Waals surface area contributed by atoms with Crippen molar-refractivity contribution in [2.24, 2.45) is 11.8 Å². The number of sulfonamides is 1. The first-order valence-electron chi connectivity index (χ1n) is 14.9. The quantitative estimate of drug-likeness (QED) is 0.311. The van der Waals surface area contributed by atoms with Gasteiger partial charge >= 0.3 is 0 Å². The number of rotatable bonds is 11. The molecular formula is C33H41ClN2O5S. The SMILES string of the molecule is C=CCCC(CC)S(=O)(=O)NC(=O)c1ccc2c(c1)N(C[C@@H]1CC[C@H]1C(O)C=C)C[C@@]1(CCc3cc(Cl)ccc31)CO2. The number of nitrogens with one attached hydrogen (secondary N) is 1. The molecule has 2 aromatic rings. The number of aliphatic hydroxyl groups excluding tert-OH is 1. The van der Waals surface area contributed by atoms with Gasteiger partial charge in [-0.05, 0) is 98.2 Å². The van der Waals surface area contributed by atoms with E-state index in [1.807, 2.05) is 12.1 Å². The number of carbonyl (C=O) groups excluding carboxylic acids is 1. The lowest BCUT2D eigenvalue weighted by Crippen LogP contribution is -2.47.